The van der Waals surface area contributed by atoms with Crippen LogP contribution in [0.1, 0.15) is 46.9 Å². The first-order valence-electron chi connectivity index (χ1n) is 8.56. The van der Waals surface area contributed by atoms with Crippen molar-refractivity contribution in [1.29, 1.82) is 0 Å². The molecule has 0 saturated carbocycles. The lowest BCUT2D eigenvalue weighted by Crippen LogP contribution is -2.39. The number of fused-ring (bicyclic) bond motifs is 1. The van der Waals surface area contributed by atoms with Gasteiger partial charge in [-0.2, -0.15) is 14.6 Å². The maximum Gasteiger partial charge on any atom is 0.280 e. The maximum absolute atomic E-state index is 13.4. The molecule has 0 aliphatic carbocycles. The molecular formula is C18H16F3N5O. The molecule has 1 amide bonds. The lowest BCUT2D eigenvalue weighted by atomic mass is 9.93. The lowest BCUT2D eigenvalue weighted by molar-refractivity contribution is 0.0705. The van der Waals surface area contributed by atoms with Crippen LogP contribution in [0.4, 0.5) is 13.2 Å². The summed E-state index contributed by atoms with van der Waals surface area (Å²) in [6.07, 6.45) is -0.0751. The van der Waals surface area contributed by atoms with E-state index in [1.807, 2.05) is 0 Å². The fraction of sp³-hybridized carbons (Fsp3) is 0.333. The molecule has 0 unspecified atom stereocenters. The Morgan fingerprint density at radius 1 is 1.22 bits per heavy atom. The van der Waals surface area contributed by atoms with E-state index in [4.69, 9.17) is 0 Å². The summed E-state index contributed by atoms with van der Waals surface area (Å²) in [6.45, 7) is 0.914. The highest BCUT2D eigenvalue weighted by Crippen LogP contribution is 2.29. The van der Waals surface area contributed by atoms with Crippen LogP contribution in [0.5, 0.6) is 0 Å². The average Bonchev–Trinajstić information content (AvgIpc) is 3.16. The minimum absolute atomic E-state index is 0.116. The van der Waals surface area contributed by atoms with Gasteiger partial charge in [0.25, 0.3) is 18.1 Å². The number of hydrogen-bond donors (Lipinski definition) is 0. The number of alkyl halides is 2. The standard InChI is InChI=1S/C18H16F3N5O/c19-13-5-3-11(4-6-13)17(27)25-7-1-2-12(9-25)14-8-15(16(20)21)26-18(24-14)22-10-23-26/h3-6,8,10,12,16H,1-2,7,9H2/t12-/m0/s1. The predicted octanol–water partition coefficient (Wildman–Crippen LogP) is 3.22. The first kappa shape index (κ1) is 17.4. The molecule has 3 heterocycles. The number of halogens is 3. The van der Waals surface area contributed by atoms with E-state index in [9.17, 15) is 18.0 Å². The van der Waals surface area contributed by atoms with Gasteiger partial charge in [-0.25, -0.2) is 18.2 Å². The number of aromatic nitrogens is 4. The highest BCUT2D eigenvalue weighted by Gasteiger charge is 2.28. The Morgan fingerprint density at radius 2 is 2.00 bits per heavy atom. The van der Waals surface area contributed by atoms with Crippen LogP contribution in [0.15, 0.2) is 36.7 Å². The van der Waals surface area contributed by atoms with Crippen molar-refractivity contribution in [2.75, 3.05) is 13.1 Å². The van der Waals surface area contributed by atoms with Gasteiger partial charge in [0.1, 0.15) is 17.8 Å². The largest absolute Gasteiger partial charge is 0.338 e. The molecule has 2 aromatic heterocycles. The van der Waals surface area contributed by atoms with Crippen molar-refractivity contribution in [2.24, 2.45) is 0 Å². The van der Waals surface area contributed by atoms with Crippen molar-refractivity contribution in [2.45, 2.75) is 25.2 Å². The van der Waals surface area contributed by atoms with Gasteiger partial charge >= 0.3 is 0 Å². The van der Waals surface area contributed by atoms with Crippen LogP contribution in [0.3, 0.4) is 0 Å². The summed E-state index contributed by atoms with van der Waals surface area (Å²) in [6, 6.07) is 6.70. The van der Waals surface area contributed by atoms with Gasteiger partial charge in [0.05, 0.1) is 5.69 Å². The minimum atomic E-state index is -2.71. The third kappa shape index (κ3) is 3.36. The molecule has 3 aromatic rings. The van der Waals surface area contributed by atoms with E-state index < -0.39 is 12.2 Å². The van der Waals surface area contributed by atoms with Crippen LogP contribution in [0.25, 0.3) is 5.78 Å². The Labute approximate surface area is 152 Å². The summed E-state index contributed by atoms with van der Waals surface area (Å²) in [5, 5.41) is 3.78. The number of nitrogens with zero attached hydrogens (tertiary/aromatic N) is 5. The number of amides is 1. The van der Waals surface area contributed by atoms with Gasteiger partial charge in [-0.1, -0.05) is 0 Å². The van der Waals surface area contributed by atoms with Gasteiger partial charge in [0, 0.05) is 24.6 Å². The van der Waals surface area contributed by atoms with E-state index in [0.29, 0.717) is 24.3 Å². The first-order valence-corrected chi connectivity index (χ1v) is 8.56. The second-order valence-electron chi connectivity index (χ2n) is 6.48. The zero-order valence-electron chi connectivity index (χ0n) is 14.2. The Bertz CT molecular complexity index is 973. The van der Waals surface area contributed by atoms with E-state index in [0.717, 1.165) is 17.4 Å². The van der Waals surface area contributed by atoms with Gasteiger partial charge in [0.2, 0.25) is 0 Å². The number of carbonyl (C=O) groups excluding carboxylic acids is 1. The molecule has 0 bridgehead atoms. The van der Waals surface area contributed by atoms with Crippen molar-refractivity contribution >= 4 is 11.7 Å². The second-order valence-corrected chi connectivity index (χ2v) is 6.48. The number of likely N-dealkylation sites (tertiary alicyclic amines) is 1. The molecule has 27 heavy (non-hydrogen) atoms. The normalized spacial score (nSPS) is 17.6. The molecule has 1 saturated heterocycles. The second kappa shape index (κ2) is 6.98. The SMILES string of the molecule is O=C(c1ccc(F)cc1)N1CCC[C@H](c2cc(C(F)F)n3ncnc3n2)C1. The fourth-order valence-electron chi connectivity index (χ4n) is 3.40. The topological polar surface area (TPSA) is 63.4 Å². The Kier molecular flexibility index (Phi) is 4.51. The van der Waals surface area contributed by atoms with Crippen LogP contribution in [0.2, 0.25) is 0 Å². The fourth-order valence-corrected chi connectivity index (χ4v) is 3.40. The van der Waals surface area contributed by atoms with E-state index in [2.05, 4.69) is 15.1 Å². The number of piperidine rings is 1. The van der Waals surface area contributed by atoms with Gasteiger partial charge in [0.15, 0.2) is 0 Å². The third-order valence-corrected chi connectivity index (χ3v) is 4.74. The Hall–Kier alpha value is -2.97. The third-order valence-electron chi connectivity index (χ3n) is 4.74. The summed E-state index contributed by atoms with van der Waals surface area (Å²) < 4.78 is 40.8. The van der Waals surface area contributed by atoms with Crippen molar-refractivity contribution < 1.29 is 18.0 Å². The van der Waals surface area contributed by atoms with Crippen LogP contribution < -0.4 is 0 Å². The van der Waals surface area contributed by atoms with Crippen LogP contribution in [-0.2, 0) is 0 Å². The molecule has 9 heteroatoms. The van der Waals surface area contributed by atoms with E-state index in [1.165, 1.54) is 36.7 Å². The predicted molar refractivity (Wildman–Crippen MR) is 90.0 cm³/mol. The van der Waals surface area contributed by atoms with Crippen LogP contribution >= 0.6 is 0 Å². The number of carbonyl (C=O) groups is 1. The molecule has 1 aliphatic heterocycles. The van der Waals surface area contributed by atoms with Crippen LogP contribution in [0, 0.1) is 5.82 Å². The number of rotatable bonds is 3. The molecule has 1 atom stereocenters. The summed E-state index contributed by atoms with van der Waals surface area (Å²) in [7, 11) is 0. The average molecular weight is 375 g/mol. The Morgan fingerprint density at radius 3 is 2.74 bits per heavy atom. The highest BCUT2D eigenvalue weighted by molar-refractivity contribution is 5.94. The number of hydrogen-bond acceptors (Lipinski definition) is 4. The van der Waals surface area contributed by atoms with Gasteiger partial charge < -0.3 is 4.90 Å². The molecule has 1 aliphatic rings. The van der Waals surface area contributed by atoms with Gasteiger partial charge in [-0.15, -0.1) is 0 Å². The molecule has 0 N–H and O–H groups in total. The lowest BCUT2D eigenvalue weighted by Gasteiger charge is -2.32. The monoisotopic (exact) mass is 375 g/mol. The van der Waals surface area contributed by atoms with Crippen molar-refractivity contribution in [3.63, 3.8) is 0 Å². The highest BCUT2D eigenvalue weighted by atomic mass is 19.3. The first-order chi connectivity index (χ1) is 13.0. The van der Waals surface area contributed by atoms with Gasteiger partial charge in [-0.3, -0.25) is 4.79 Å². The zero-order chi connectivity index (χ0) is 19.0. The molecule has 6 nitrogen and oxygen atoms in total. The number of benzene rings is 1. The molecule has 4 rings (SSSR count). The van der Waals surface area contributed by atoms with Gasteiger partial charge in [-0.05, 0) is 43.2 Å². The Balaban J connectivity index is 1.60. The zero-order valence-corrected chi connectivity index (χ0v) is 14.2. The summed E-state index contributed by atoms with van der Waals surface area (Å²) in [4.78, 5) is 22.6. The van der Waals surface area contributed by atoms with Crippen molar-refractivity contribution in [3.05, 3.63) is 59.4 Å². The molecule has 0 spiro atoms. The molecule has 1 fully saturated rings. The summed E-state index contributed by atoms with van der Waals surface area (Å²) in [5.74, 6) is -0.683. The van der Waals surface area contributed by atoms with E-state index >= 15 is 0 Å². The molecule has 140 valence electrons. The summed E-state index contributed by atoms with van der Waals surface area (Å²) >= 11 is 0. The molecule has 0 radical (unpaired) electrons. The minimum Gasteiger partial charge on any atom is -0.338 e. The van der Waals surface area contributed by atoms with Crippen LogP contribution in [-0.4, -0.2) is 43.5 Å². The molecule has 1 aromatic carbocycles. The van der Waals surface area contributed by atoms with E-state index in [-0.39, 0.29) is 23.3 Å². The quantitative estimate of drug-likeness (QED) is 0.705. The maximum atomic E-state index is 13.4. The van der Waals surface area contributed by atoms with Crippen molar-refractivity contribution in [1.82, 2.24) is 24.5 Å². The van der Waals surface area contributed by atoms with E-state index in [1.54, 1.807) is 4.90 Å². The summed E-state index contributed by atoms with van der Waals surface area (Å²) in [5.41, 5.74) is 0.600. The van der Waals surface area contributed by atoms with Crippen molar-refractivity contribution in [3.8, 4) is 0 Å². The molecular weight excluding hydrogens is 359 g/mol. The smallest absolute Gasteiger partial charge is 0.280 e.